The van der Waals surface area contributed by atoms with E-state index in [1.54, 1.807) is 0 Å². The highest BCUT2D eigenvalue weighted by atomic mass is 14.1. The van der Waals surface area contributed by atoms with Crippen LogP contribution in [0.2, 0.25) is 0 Å². The van der Waals surface area contributed by atoms with Crippen molar-refractivity contribution >= 4 is 0 Å². The first-order valence-corrected chi connectivity index (χ1v) is 4.44. The van der Waals surface area contributed by atoms with Crippen molar-refractivity contribution in [3.05, 3.63) is 40.3 Å². The Morgan fingerprint density at radius 2 is 1.50 bits per heavy atom. The summed E-state index contributed by atoms with van der Waals surface area (Å²) in [6.45, 7) is 10.8. The third-order valence-electron chi connectivity index (χ3n) is 2.70. The lowest BCUT2D eigenvalue weighted by Gasteiger charge is -2.12. The van der Waals surface area contributed by atoms with E-state index in [1.165, 1.54) is 27.8 Å². The average Bonchev–Trinajstić information content (AvgIpc) is 2.01. The molecule has 0 unspecified atom stereocenters. The van der Waals surface area contributed by atoms with Crippen LogP contribution in [0.3, 0.4) is 0 Å². The van der Waals surface area contributed by atoms with Crippen LogP contribution < -0.4 is 0 Å². The summed E-state index contributed by atoms with van der Waals surface area (Å²) in [7, 11) is 0. The van der Waals surface area contributed by atoms with Gasteiger partial charge in [-0.15, -0.1) is 0 Å². The zero-order chi connectivity index (χ0) is 9.30. The maximum absolute atomic E-state index is 2.26. The van der Waals surface area contributed by atoms with Crippen LogP contribution in [-0.4, -0.2) is 0 Å². The molecule has 0 heterocycles. The Balaban J connectivity index is 3.40. The topological polar surface area (TPSA) is 0 Å². The summed E-state index contributed by atoms with van der Waals surface area (Å²) < 4.78 is 0. The lowest BCUT2D eigenvalue weighted by molar-refractivity contribution is 1.18. The molecule has 12 heavy (non-hydrogen) atoms. The summed E-state index contributed by atoms with van der Waals surface area (Å²) >= 11 is 0. The van der Waals surface area contributed by atoms with Crippen molar-refractivity contribution in [3.63, 3.8) is 0 Å². The quantitative estimate of drug-likeness (QED) is 0.591. The van der Waals surface area contributed by atoms with E-state index in [1.807, 2.05) is 0 Å². The monoisotopic (exact) mass is 161 g/mol. The fourth-order valence-electron chi connectivity index (χ4n) is 1.75. The van der Waals surface area contributed by atoms with Gasteiger partial charge in [0.25, 0.3) is 0 Å². The molecule has 65 valence electrons. The maximum Gasteiger partial charge on any atom is -0.0119 e. The molecule has 0 amide bonds. The van der Waals surface area contributed by atoms with Gasteiger partial charge in [0, 0.05) is 0 Å². The van der Waals surface area contributed by atoms with Gasteiger partial charge in [-0.2, -0.15) is 0 Å². The van der Waals surface area contributed by atoms with Crippen molar-refractivity contribution in [1.82, 2.24) is 0 Å². The summed E-state index contributed by atoms with van der Waals surface area (Å²) in [5.41, 5.74) is 7.04. The van der Waals surface area contributed by atoms with Crippen molar-refractivity contribution in [2.75, 3.05) is 0 Å². The number of benzene rings is 1. The van der Waals surface area contributed by atoms with Gasteiger partial charge >= 0.3 is 0 Å². The van der Waals surface area contributed by atoms with Crippen LogP contribution in [0.25, 0.3) is 0 Å². The van der Waals surface area contributed by atoms with Gasteiger partial charge in [-0.25, -0.2) is 0 Å². The Kier molecular flexibility index (Phi) is 2.56. The highest BCUT2D eigenvalue weighted by molar-refractivity contribution is 5.46. The molecule has 0 heteroatoms. The summed E-state index contributed by atoms with van der Waals surface area (Å²) in [6.07, 6.45) is 2.19. The molecule has 0 bridgehead atoms. The van der Waals surface area contributed by atoms with E-state index in [0.29, 0.717) is 0 Å². The second kappa shape index (κ2) is 3.30. The molecule has 0 aliphatic heterocycles. The van der Waals surface area contributed by atoms with Gasteiger partial charge in [-0.3, -0.25) is 0 Å². The molecule has 0 spiro atoms. The molecule has 0 aliphatic rings. The van der Waals surface area contributed by atoms with E-state index in [2.05, 4.69) is 47.1 Å². The van der Waals surface area contributed by atoms with E-state index in [4.69, 9.17) is 0 Å². The molecule has 0 aliphatic carbocycles. The maximum atomic E-state index is 2.26. The Bertz CT molecular complexity index is 295. The van der Waals surface area contributed by atoms with E-state index < -0.39 is 0 Å². The zero-order valence-corrected chi connectivity index (χ0v) is 8.65. The predicted octanol–water partition coefficient (Wildman–Crippen LogP) is 3.49. The van der Waals surface area contributed by atoms with Gasteiger partial charge in [-0.05, 0) is 61.9 Å². The van der Waals surface area contributed by atoms with E-state index in [-0.39, 0.29) is 0 Å². The van der Waals surface area contributed by atoms with Gasteiger partial charge < -0.3 is 0 Å². The normalized spacial score (nSPS) is 10.4. The van der Waals surface area contributed by atoms with Crippen LogP contribution in [0.4, 0.5) is 0 Å². The first-order chi connectivity index (χ1) is 5.57. The number of hydrogen-bond donors (Lipinski definition) is 0. The Morgan fingerprint density at radius 1 is 0.917 bits per heavy atom. The largest absolute Gasteiger partial charge is 0.0578 e. The first kappa shape index (κ1) is 9.31. The van der Waals surface area contributed by atoms with Gasteiger partial charge in [0.2, 0.25) is 0 Å². The molecule has 1 aromatic rings. The number of rotatable bonds is 1. The van der Waals surface area contributed by atoms with Crippen molar-refractivity contribution in [2.24, 2.45) is 0 Å². The fourth-order valence-corrected chi connectivity index (χ4v) is 1.75. The van der Waals surface area contributed by atoms with Gasteiger partial charge in [0.05, 0.1) is 0 Å². The molecule has 1 rings (SSSR count). The molecular weight excluding hydrogens is 144 g/mol. The van der Waals surface area contributed by atoms with Crippen LogP contribution in [0.15, 0.2) is 6.07 Å². The van der Waals surface area contributed by atoms with Crippen molar-refractivity contribution in [3.8, 4) is 0 Å². The van der Waals surface area contributed by atoms with E-state index >= 15 is 0 Å². The Labute approximate surface area is 75.6 Å². The highest BCUT2D eigenvalue weighted by Gasteiger charge is 2.05. The highest BCUT2D eigenvalue weighted by Crippen LogP contribution is 2.22. The van der Waals surface area contributed by atoms with Crippen LogP contribution in [0.5, 0.6) is 0 Å². The first-order valence-electron chi connectivity index (χ1n) is 4.44. The Morgan fingerprint density at radius 3 is 2.00 bits per heavy atom. The summed E-state index contributed by atoms with van der Waals surface area (Å²) in [5.74, 6) is 0. The molecule has 1 radical (unpaired) electrons. The molecule has 0 saturated carbocycles. The van der Waals surface area contributed by atoms with Gasteiger partial charge in [-0.1, -0.05) is 13.0 Å². The Hall–Kier alpha value is -0.780. The molecule has 0 saturated heterocycles. The number of aryl methyl sites for hydroxylation is 2. The molecule has 1 aromatic carbocycles. The molecule has 0 N–H and O–H groups in total. The second-order valence-electron chi connectivity index (χ2n) is 3.46. The van der Waals surface area contributed by atoms with Crippen molar-refractivity contribution < 1.29 is 0 Å². The van der Waals surface area contributed by atoms with Gasteiger partial charge in [0.15, 0.2) is 0 Å². The molecular formula is C12H17. The lowest BCUT2D eigenvalue weighted by atomic mass is 9.93. The van der Waals surface area contributed by atoms with Crippen molar-refractivity contribution in [1.29, 1.82) is 0 Å². The SMILES string of the molecule is C[CH]c1c(C)cc(C)c(C)c1C. The minimum atomic E-state index is 1.39. The average molecular weight is 161 g/mol. The smallest absolute Gasteiger partial charge is 0.0119 e. The van der Waals surface area contributed by atoms with Gasteiger partial charge in [0.1, 0.15) is 0 Å². The van der Waals surface area contributed by atoms with E-state index in [9.17, 15) is 0 Å². The summed E-state index contributed by atoms with van der Waals surface area (Å²) in [6, 6.07) is 2.26. The fraction of sp³-hybridized carbons (Fsp3) is 0.417. The van der Waals surface area contributed by atoms with Crippen LogP contribution >= 0.6 is 0 Å². The second-order valence-corrected chi connectivity index (χ2v) is 3.46. The molecule has 0 nitrogen and oxygen atoms in total. The minimum Gasteiger partial charge on any atom is -0.0578 e. The molecule has 0 aromatic heterocycles. The summed E-state index contributed by atoms with van der Waals surface area (Å²) in [4.78, 5) is 0. The zero-order valence-electron chi connectivity index (χ0n) is 8.65. The predicted molar refractivity (Wildman–Crippen MR) is 54.5 cm³/mol. The molecule has 0 fully saturated rings. The minimum absolute atomic E-state index is 1.39. The van der Waals surface area contributed by atoms with Crippen LogP contribution in [-0.2, 0) is 0 Å². The van der Waals surface area contributed by atoms with Crippen LogP contribution in [0.1, 0.15) is 34.7 Å². The standard InChI is InChI=1S/C12H17/c1-6-12-9(3)7-8(2)10(4)11(12)5/h6-7H,1-5H3. The summed E-state index contributed by atoms with van der Waals surface area (Å²) in [5, 5.41) is 0. The van der Waals surface area contributed by atoms with Crippen LogP contribution in [0, 0.1) is 34.1 Å². The number of hydrogen-bond acceptors (Lipinski definition) is 0. The van der Waals surface area contributed by atoms with Crippen molar-refractivity contribution in [2.45, 2.75) is 34.6 Å². The lowest BCUT2D eigenvalue weighted by Crippen LogP contribution is -1.95. The third kappa shape index (κ3) is 1.38. The molecule has 0 atom stereocenters. The third-order valence-corrected chi connectivity index (χ3v) is 2.70. The van der Waals surface area contributed by atoms with E-state index in [0.717, 1.165) is 0 Å².